The number of aryl methyl sites for hydroxylation is 1. The van der Waals surface area contributed by atoms with E-state index in [1.807, 2.05) is 18.2 Å². The third-order valence-electron chi connectivity index (χ3n) is 3.11. The number of hydrogen-bond donors (Lipinski definition) is 1. The smallest absolute Gasteiger partial charge is 0.176 e. The van der Waals surface area contributed by atoms with Crippen molar-refractivity contribution in [2.75, 3.05) is 13.6 Å². The highest BCUT2D eigenvalue weighted by atomic mass is 16.5. The van der Waals surface area contributed by atoms with Crippen molar-refractivity contribution in [1.82, 2.24) is 5.32 Å². The van der Waals surface area contributed by atoms with Crippen LogP contribution in [-0.2, 0) is 6.42 Å². The molecule has 3 nitrogen and oxygen atoms in total. The Balaban J connectivity index is 2.27. The molecule has 0 aliphatic carbocycles. The molecule has 0 aromatic heterocycles. The zero-order valence-corrected chi connectivity index (χ0v) is 10.7. The third kappa shape index (κ3) is 2.67. The van der Waals surface area contributed by atoms with E-state index >= 15 is 0 Å². The summed E-state index contributed by atoms with van der Waals surface area (Å²) in [7, 11) is 1.77. The number of ketones is 1. The van der Waals surface area contributed by atoms with E-state index in [4.69, 9.17) is 4.74 Å². The highest BCUT2D eigenvalue weighted by Crippen LogP contribution is 2.33. The molecule has 17 heavy (non-hydrogen) atoms. The first kappa shape index (κ1) is 12.1. The number of fused-ring (bicyclic) bond motifs is 1. The Bertz CT molecular complexity index is 438. The van der Waals surface area contributed by atoms with Crippen molar-refractivity contribution in [3.8, 4) is 5.75 Å². The first-order chi connectivity index (χ1) is 8.02. The molecule has 0 radical (unpaired) electrons. The highest BCUT2D eigenvalue weighted by molar-refractivity contribution is 5.98. The van der Waals surface area contributed by atoms with E-state index in [1.54, 1.807) is 7.05 Å². The second-order valence-corrected chi connectivity index (χ2v) is 5.14. The Morgan fingerprint density at radius 1 is 1.47 bits per heavy atom. The number of likely N-dealkylation sites (N-methyl/N-ethyl adjacent to an activating group) is 1. The van der Waals surface area contributed by atoms with E-state index in [0.717, 1.165) is 24.2 Å². The fourth-order valence-corrected chi connectivity index (χ4v) is 2.08. The summed E-state index contributed by atoms with van der Waals surface area (Å²) in [5.41, 5.74) is 1.79. The van der Waals surface area contributed by atoms with Gasteiger partial charge >= 0.3 is 0 Å². The first-order valence-corrected chi connectivity index (χ1v) is 6.01. The molecular weight excluding hydrogens is 214 g/mol. The molecule has 1 heterocycles. The first-order valence-electron chi connectivity index (χ1n) is 6.01. The maximum absolute atomic E-state index is 11.8. The molecule has 0 bridgehead atoms. The summed E-state index contributed by atoms with van der Waals surface area (Å²) in [6.07, 6.45) is 2.03. The SMILES string of the molecule is CNCC(=O)c1ccc2c(c1)OC(C)(C)CC2. The van der Waals surface area contributed by atoms with Crippen LogP contribution in [0.4, 0.5) is 0 Å². The van der Waals surface area contributed by atoms with Crippen molar-refractivity contribution in [2.24, 2.45) is 0 Å². The summed E-state index contributed by atoms with van der Waals surface area (Å²) in [5.74, 6) is 0.963. The van der Waals surface area contributed by atoms with Gasteiger partial charge in [0.15, 0.2) is 5.78 Å². The minimum Gasteiger partial charge on any atom is -0.488 e. The number of carbonyl (C=O) groups is 1. The van der Waals surface area contributed by atoms with Crippen LogP contribution in [-0.4, -0.2) is 25.0 Å². The minimum atomic E-state index is -0.127. The van der Waals surface area contributed by atoms with Crippen molar-refractivity contribution in [3.63, 3.8) is 0 Å². The summed E-state index contributed by atoms with van der Waals surface area (Å²) in [6.45, 7) is 4.53. The van der Waals surface area contributed by atoms with Gasteiger partial charge in [-0.05, 0) is 45.4 Å². The van der Waals surface area contributed by atoms with Gasteiger partial charge in [0, 0.05) is 5.56 Å². The molecule has 0 spiro atoms. The lowest BCUT2D eigenvalue weighted by molar-refractivity contribution is 0.0840. The standard InChI is InChI=1S/C14H19NO2/c1-14(2)7-6-10-4-5-11(8-13(10)17-14)12(16)9-15-3/h4-5,8,15H,6-7,9H2,1-3H3. The Kier molecular flexibility index (Phi) is 3.20. The predicted molar refractivity (Wildman–Crippen MR) is 67.7 cm³/mol. The molecule has 0 saturated carbocycles. The van der Waals surface area contributed by atoms with Crippen LogP contribution < -0.4 is 10.1 Å². The minimum absolute atomic E-state index is 0.0993. The van der Waals surface area contributed by atoms with Gasteiger partial charge in [-0.3, -0.25) is 4.79 Å². The van der Waals surface area contributed by atoms with E-state index in [9.17, 15) is 4.79 Å². The number of rotatable bonds is 3. The quantitative estimate of drug-likeness (QED) is 0.813. The molecule has 1 N–H and O–H groups in total. The predicted octanol–water partition coefficient (Wildman–Crippen LogP) is 2.19. The van der Waals surface area contributed by atoms with Gasteiger partial charge in [-0.15, -0.1) is 0 Å². The Morgan fingerprint density at radius 3 is 2.94 bits per heavy atom. The second kappa shape index (κ2) is 4.49. The lowest BCUT2D eigenvalue weighted by Gasteiger charge is -2.32. The van der Waals surface area contributed by atoms with Crippen LogP contribution in [0.25, 0.3) is 0 Å². The molecule has 1 aliphatic heterocycles. The van der Waals surface area contributed by atoms with Gasteiger partial charge < -0.3 is 10.1 Å². The van der Waals surface area contributed by atoms with Crippen molar-refractivity contribution in [1.29, 1.82) is 0 Å². The summed E-state index contributed by atoms with van der Waals surface area (Å²) in [5, 5.41) is 2.87. The molecule has 0 saturated heterocycles. The van der Waals surface area contributed by atoms with Crippen LogP contribution >= 0.6 is 0 Å². The lowest BCUT2D eigenvalue weighted by atomic mass is 9.93. The summed E-state index contributed by atoms with van der Waals surface area (Å²) < 4.78 is 5.92. The maximum Gasteiger partial charge on any atom is 0.176 e. The van der Waals surface area contributed by atoms with Gasteiger partial charge in [0.05, 0.1) is 6.54 Å². The number of carbonyl (C=O) groups excluding carboxylic acids is 1. The zero-order valence-electron chi connectivity index (χ0n) is 10.7. The molecule has 0 amide bonds. The van der Waals surface area contributed by atoms with E-state index in [0.29, 0.717) is 6.54 Å². The van der Waals surface area contributed by atoms with Crippen LogP contribution in [0, 0.1) is 0 Å². The molecule has 1 aromatic carbocycles. The number of nitrogens with one attached hydrogen (secondary N) is 1. The molecule has 0 unspecified atom stereocenters. The topological polar surface area (TPSA) is 38.3 Å². The van der Waals surface area contributed by atoms with Gasteiger partial charge in [0.2, 0.25) is 0 Å². The third-order valence-corrected chi connectivity index (χ3v) is 3.11. The average Bonchev–Trinajstić information content (AvgIpc) is 2.27. The van der Waals surface area contributed by atoms with Crippen LogP contribution in [0.5, 0.6) is 5.75 Å². The van der Waals surface area contributed by atoms with E-state index in [-0.39, 0.29) is 11.4 Å². The lowest BCUT2D eigenvalue weighted by Crippen LogP contribution is -2.32. The highest BCUT2D eigenvalue weighted by Gasteiger charge is 2.26. The van der Waals surface area contributed by atoms with Crippen molar-refractivity contribution >= 4 is 5.78 Å². The Labute approximate surface area is 102 Å². The molecule has 0 atom stereocenters. The fourth-order valence-electron chi connectivity index (χ4n) is 2.08. The maximum atomic E-state index is 11.8. The molecule has 3 heteroatoms. The van der Waals surface area contributed by atoms with E-state index in [2.05, 4.69) is 19.2 Å². The second-order valence-electron chi connectivity index (χ2n) is 5.14. The molecule has 2 rings (SSSR count). The number of Topliss-reactive ketones (excluding diaryl/α,β-unsaturated/α-hetero) is 1. The van der Waals surface area contributed by atoms with Crippen LogP contribution in [0.1, 0.15) is 36.2 Å². The molecular formula is C14H19NO2. The Morgan fingerprint density at radius 2 is 2.24 bits per heavy atom. The fraction of sp³-hybridized carbons (Fsp3) is 0.500. The normalized spacial score (nSPS) is 17.1. The van der Waals surface area contributed by atoms with Crippen LogP contribution in [0.3, 0.4) is 0 Å². The molecule has 92 valence electrons. The van der Waals surface area contributed by atoms with E-state index < -0.39 is 0 Å². The van der Waals surface area contributed by atoms with Gasteiger partial charge in [0.1, 0.15) is 11.4 Å². The van der Waals surface area contributed by atoms with Gasteiger partial charge in [0.25, 0.3) is 0 Å². The van der Waals surface area contributed by atoms with E-state index in [1.165, 1.54) is 5.56 Å². The number of hydrogen-bond acceptors (Lipinski definition) is 3. The average molecular weight is 233 g/mol. The van der Waals surface area contributed by atoms with Crippen molar-refractivity contribution in [3.05, 3.63) is 29.3 Å². The van der Waals surface area contributed by atoms with Crippen LogP contribution in [0.2, 0.25) is 0 Å². The molecule has 1 aliphatic rings. The van der Waals surface area contributed by atoms with Gasteiger partial charge in [-0.25, -0.2) is 0 Å². The van der Waals surface area contributed by atoms with Crippen molar-refractivity contribution in [2.45, 2.75) is 32.3 Å². The summed E-state index contributed by atoms with van der Waals surface area (Å²) in [4.78, 5) is 11.8. The Hall–Kier alpha value is -1.35. The number of ether oxygens (including phenoxy) is 1. The van der Waals surface area contributed by atoms with Crippen LogP contribution in [0.15, 0.2) is 18.2 Å². The summed E-state index contributed by atoms with van der Waals surface area (Å²) >= 11 is 0. The van der Waals surface area contributed by atoms with Gasteiger partial charge in [-0.2, -0.15) is 0 Å². The largest absolute Gasteiger partial charge is 0.488 e. The zero-order chi connectivity index (χ0) is 12.5. The summed E-state index contributed by atoms with van der Waals surface area (Å²) in [6, 6.07) is 5.77. The molecule has 0 fully saturated rings. The monoisotopic (exact) mass is 233 g/mol. The van der Waals surface area contributed by atoms with Crippen molar-refractivity contribution < 1.29 is 9.53 Å². The number of benzene rings is 1. The van der Waals surface area contributed by atoms with Gasteiger partial charge in [-0.1, -0.05) is 12.1 Å². The molecule has 1 aromatic rings.